The highest BCUT2D eigenvalue weighted by atomic mass is 16.6. The summed E-state index contributed by atoms with van der Waals surface area (Å²) in [5, 5.41) is 8.63. The van der Waals surface area contributed by atoms with Gasteiger partial charge in [0.15, 0.2) is 0 Å². The molecule has 1 aromatic carbocycles. The van der Waals surface area contributed by atoms with E-state index in [1.54, 1.807) is 11.0 Å². The minimum absolute atomic E-state index is 0.144. The van der Waals surface area contributed by atoms with Crippen LogP contribution in [0.3, 0.4) is 0 Å². The number of rotatable bonds is 12. The fraction of sp³-hybridized carbons (Fsp3) is 0.655. The predicted molar refractivity (Wildman–Crippen MR) is 151 cm³/mol. The third kappa shape index (κ3) is 8.88. The van der Waals surface area contributed by atoms with Gasteiger partial charge in [0.25, 0.3) is 5.91 Å². The zero-order chi connectivity index (χ0) is 29.4. The average Bonchev–Trinajstić information content (AvgIpc) is 3.24. The third-order valence-electron chi connectivity index (χ3n) is 7.38. The van der Waals surface area contributed by atoms with Gasteiger partial charge in [-0.15, -0.1) is 0 Å². The highest BCUT2D eigenvalue weighted by Crippen LogP contribution is 2.32. The molecule has 41 heavy (non-hydrogen) atoms. The summed E-state index contributed by atoms with van der Waals surface area (Å²) >= 11 is 0. The second-order valence-electron chi connectivity index (χ2n) is 11.6. The highest BCUT2D eigenvalue weighted by Gasteiger charge is 2.39. The maximum Gasteiger partial charge on any atom is 0.407 e. The van der Waals surface area contributed by atoms with E-state index < -0.39 is 17.6 Å². The number of nitrogens with one attached hydrogen (secondary N) is 3. The Bertz CT molecular complexity index is 1100. The van der Waals surface area contributed by atoms with Crippen LogP contribution in [-0.4, -0.2) is 104 Å². The average molecular weight is 574 g/mol. The predicted octanol–water partition coefficient (Wildman–Crippen LogP) is 1.88. The molecule has 1 unspecified atom stereocenters. The van der Waals surface area contributed by atoms with Crippen LogP contribution >= 0.6 is 0 Å². The first-order chi connectivity index (χ1) is 19.6. The Morgan fingerprint density at radius 1 is 1.02 bits per heavy atom. The van der Waals surface area contributed by atoms with Crippen LogP contribution in [0.2, 0.25) is 0 Å². The quantitative estimate of drug-likeness (QED) is 0.253. The fourth-order valence-electron chi connectivity index (χ4n) is 5.30. The number of alkyl carbamates (subject to hydrolysis) is 1. The number of piperidine rings is 2. The lowest BCUT2D eigenvalue weighted by atomic mass is 10.0. The zero-order valence-corrected chi connectivity index (χ0v) is 24.3. The highest BCUT2D eigenvalue weighted by molar-refractivity contribution is 6.06. The topological polar surface area (TPSA) is 139 Å². The molecule has 3 aliphatic rings. The van der Waals surface area contributed by atoms with Crippen LogP contribution in [0.5, 0.6) is 0 Å². The third-order valence-corrected chi connectivity index (χ3v) is 7.38. The minimum Gasteiger partial charge on any atom is -0.444 e. The first-order valence-electron chi connectivity index (χ1n) is 14.5. The van der Waals surface area contributed by atoms with Gasteiger partial charge in [0.2, 0.25) is 11.8 Å². The summed E-state index contributed by atoms with van der Waals surface area (Å²) < 4.78 is 16.8. The van der Waals surface area contributed by atoms with Crippen molar-refractivity contribution in [3.8, 4) is 0 Å². The van der Waals surface area contributed by atoms with E-state index in [2.05, 4.69) is 20.9 Å². The Kier molecular flexibility index (Phi) is 10.6. The standard InChI is InChI=1S/C29H43N5O7/c1-29(2,3)41-28(38)31-20-9-12-33(13-10-20)14-16-40-18-17-39-15-11-30-23-6-4-5-21-22(23)19-34(27(21)37)24-7-8-25(35)32-26(24)36/h4-6,20,24,30H,7-19H2,1-3H3,(H,31,38)(H,32,35,36). The maximum atomic E-state index is 12.9. The second-order valence-corrected chi connectivity index (χ2v) is 11.6. The molecule has 3 heterocycles. The van der Waals surface area contributed by atoms with Crippen molar-refractivity contribution in [3.05, 3.63) is 29.3 Å². The number of fused-ring (bicyclic) bond motifs is 1. The van der Waals surface area contributed by atoms with E-state index in [-0.39, 0.29) is 30.4 Å². The lowest BCUT2D eigenvalue weighted by molar-refractivity contribution is -0.136. The monoisotopic (exact) mass is 573 g/mol. The van der Waals surface area contributed by atoms with Crippen molar-refractivity contribution in [1.29, 1.82) is 0 Å². The minimum atomic E-state index is -0.628. The van der Waals surface area contributed by atoms with Gasteiger partial charge in [-0.05, 0) is 52.2 Å². The SMILES string of the molecule is CC(C)(C)OC(=O)NC1CCN(CCOCCOCCNc2cccc3c2CN(C2CCC(=O)NC2=O)C3=O)CC1. The number of carbonyl (C=O) groups is 4. The zero-order valence-electron chi connectivity index (χ0n) is 24.3. The normalized spacial score (nSPS) is 20.1. The van der Waals surface area contributed by atoms with Gasteiger partial charge in [-0.1, -0.05) is 6.07 Å². The molecule has 2 fully saturated rings. The Hall–Kier alpha value is -3.22. The van der Waals surface area contributed by atoms with Crippen molar-refractivity contribution in [3.63, 3.8) is 0 Å². The summed E-state index contributed by atoms with van der Waals surface area (Å²) in [6.07, 6.45) is 2.01. The second kappa shape index (κ2) is 14.1. The molecule has 3 aliphatic heterocycles. The van der Waals surface area contributed by atoms with E-state index in [4.69, 9.17) is 14.2 Å². The molecule has 1 atom stereocenters. The summed E-state index contributed by atoms with van der Waals surface area (Å²) in [4.78, 5) is 52.5. The van der Waals surface area contributed by atoms with Crippen molar-refractivity contribution < 1.29 is 33.4 Å². The number of likely N-dealkylation sites (tertiary alicyclic amines) is 1. The summed E-state index contributed by atoms with van der Waals surface area (Å²) in [6, 6.07) is 5.02. The van der Waals surface area contributed by atoms with Crippen LogP contribution in [-0.2, 0) is 30.3 Å². The lowest BCUT2D eigenvalue weighted by Gasteiger charge is -2.32. The number of hydrogen-bond acceptors (Lipinski definition) is 9. The Morgan fingerprint density at radius 2 is 1.76 bits per heavy atom. The van der Waals surface area contributed by atoms with E-state index in [0.29, 0.717) is 51.5 Å². The molecule has 0 aromatic heterocycles. The summed E-state index contributed by atoms with van der Waals surface area (Å²) in [5.41, 5.74) is 1.79. The molecule has 0 radical (unpaired) electrons. The Balaban J connectivity index is 1.06. The van der Waals surface area contributed by atoms with Crippen molar-refractivity contribution in [1.82, 2.24) is 20.4 Å². The molecular weight excluding hydrogens is 530 g/mol. The van der Waals surface area contributed by atoms with Crippen LogP contribution in [0, 0.1) is 0 Å². The molecule has 0 bridgehead atoms. The number of hydrogen-bond donors (Lipinski definition) is 3. The lowest BCUT2D eigenvalue weighted by Crippen LogP contribution is -2.52. The van der Waals surface area contributed by atoms with E-state index in [1.807, 2.05) is 32.9 Å². The van der Waals surface area contributed by atoms with Crippen LogP contribution in [0.15, 0.2) is 18.2 Å². The maximum absolute atomic E-state index is 12.9. The van der Waals surface area contributed by atoms with Crippen LogP contribution in [0.25, 0.3) is 0 Å². The molecule has 4 amide bonds. The molecular formula is C29H43N5O7. The number of benzene rings is 1. The molecule has 1 aromatic rings. The van der Waals surface area contributed by atoms with Gasteiger partial charge in [-0.2, -0.15) is 0 Å². The van der Waals surface area contributed by atoms with Crippen molar-refractivity contribution in [2.75, 3.05) is 57.9 Å². The fourth-order valence-corrected chi connectivity index (χ4v) is 5.30. The number of imide groups is 1. The van der Waals surface area contributed by atoms with Gasteiger partial charge >= 0.3 is 6.09 Å². The molecule has 0 spiro atoms. The summed E-state index contributed by atoms with van der Waals surface area (Å²) in [5.74, 6) is -0.896. The Labute approximate surface area is 241 Å². The molecule has 4 rings (SSSR count). The molecule has 0 saturated carbocycles. The van der Waals surface area contributed by atoms with Gasteiger partial charge in [0.1, 0.15) is 11.6 Å². The molecule has 0 aliphatic carbocycles. The van der Waals surface area contributed by atoms with Gasteiger partial charge in [0, 0.05) is 62.0 Å². The molecule has 3 N–H and O–H groups in total. The number of anilines is 1. The van der Waals surface area contributed by atoms with Crippen molar-refractivity contribution in [2.45, 2.75) is 70.7 Å². The number of carbonyl (C=O) groups excluding carboxylic acids is 4. The summed E-state index contributed by atoms with van der Waals surface area (Å²) in [6.45, 7) is 11.2. The van der Waals surface area contributed by atoms with E-state index in [1.165, 1.54) is 0 Å². The molecule has 12 heteroatoms. The van der Waals surface area contributed by atoms with E-state index in [0.717, 1.165) is 43.7 Å². The van der Waals surface area contributed by atoms with Crippen LogP contribution in [0.1, 0.15) is 62.4 Å². The van der Waals surface area contributed by atoms with E-state index >= 15 is 0 Å². The van der Waals surface area contributed by atoms with Gasteiger partial charge in [-0.3, -0.25) is 19.7 Å². The molecule has 2 saturated heterocycles. The van der Waals surface area contributed by atoms with Crippen LogP contribution in [0.4, 0.5) is 10.5 Å². The first-order valence-corrected chi connectivity index (χ1v) is 14.5. The largest absolute Gasteiger partial charge is 0.444 e. The number of nitrogens with zero attached hydrogens (tertiary/aromatic N) is 2. The van der Waals surface area contributed by atoms with Crippen LogP contribution < -0.4 is 16.0 Å². The number of amides is 4. The first kappa shape index (κ1) is 30.7. The van der Waals surface area contributed by atoms with Gasteiger partial charge in [-0.25, -0.2) is 4.79 Å². The Morgan fingerprint density at radius 3 is 2.46 bits per heavy atom. The van der Waals surface area contributed by atoms with Crippen molar-refractivity contribution >= 4 is 29.5 Å². The molecule has 226 valence electrons. The summed E-state index contributed by atoms with van der Waals surface area (Å²) in [7, 11) is 0. The molecule has 12 nitrogen and oxygen atoms in total. The number of ether oxygens (including phenoxy) is 3. The van der Waals surface area contributed by atoms with Gasteiger partial charge in [0.05, 0.1) is 26.4 Å². The van der Waals surface area contributed by atoms with Gasteiger partial charge < -0.3 is 34.6 Å². The smallest absolute Gasteiger partial charge is 0.407 e. The van der Waals surface area contributed by atoms with E-state index in [9.17, 15) is 19.2 Å². The van der Waals surface area contributed by atoms with Crippen molar-refractivity contribution in [2.24, 2.45) is 0 Å².